The van der Waals surface area contributed by atoms with Crippen LogP contribution in [0.15, 0.2) is 11.6 Å². The Labute approximate surface area is 102 Å². The van der Waals surface area contributed by atoms with Crippen LogP contribution < -0.4 is 0 Å². The van der Waals surface area contributed by atoms with E-state index in [2.05, 4.69) is 4.90 Å². The zero-order valence-electron chi connectivity index (χ0n) is 10.7. The van der Waals surface area contributed by atoms with Gasteiger partial charge in [-0.2, -0.15) is 0 Å². The fourth-order valence-electron chi connectivity index (χ4n) is 2.86. The van der Waals surface area contributed by atoms with Gasteiger partial charge in [-0.1, -0.05) is 6.08 Å². The first-order valence-electron chi connectivity index (χ1n) is 6.26. The van der Waals surface area contributed by atoms with E-state index in [0.717, 1.165) is 19.3 Å². The normalized spacial score (nSPS) is 38.2. The Balaban J connectivity index is 1.96. The van der Waals surface area contributed by atoms with Crippen LogP contribution in [-0.4, -0.2) is 47.3 Å². The summed E-state index contributed by atoms with van der Waals surface area (Å²) in [6, 6.07) is 0.505. The summed E-state index contributed by atoms with van der Waals surface area (Å²) >= 11 is 0. The standard InChI is InChI=1S/C13H21NO3/c1-4-8(2)13(16)17-10-5-9-6-12(15)11(7-10)14(9)3/h4,9-12,15H,5-7H2,1-3H3/b8-4+. The highest BCUT2D eigenvalue weighted by Gasteiger charge is 2.45. The lowest BCUT2D eigenvalue weighted by molar-refractivity contribution is -0.147. The second-order valence-corrected chi connectivity index (χ2v) is 5.16. The number of carbonyl (C=O) groups is 1. The maximum atomic E-state index is 11.7. The van der Waals surface area contributed by atoms with E-state index in [1.165, 1.54) is 0 Å². The number of likely N-dealkylation sites (N-methyl/N-ethyl adjacent to an activating group) is 1. The minimum atomic E-state index is -0.267. The van der Waals surface area contributed by atoms with Crippen LogP contribution in [0.5, 0.6) is 0 Å². The molecule has 0 spiro atoms. The van der Waals surface area contributed by atoms with Gasteiger partial charge in [-0.15, -0.1) is 0 Å². The zero-order chi connectivity index (χ0) is 12.6. The lowest BCUT2D eigenvalue weighted by Crippen LogP contribution is -2.45. The number of nitrogens with zero attached hydrogens (tertiary/aromatic N) is 1. The predicted octanol–water partition coefficient (Wildman–Crippen LogP) is 1.09. The molecule has 2 rings (SSSR count). The van der Waals surface area contributed by atoms with Crippen LogP contribution in [0.25, 0.3) is 0 Å². The molecule has 4 unspecified atom stereocenters. The Bertz CT molecular complexity index is 340. The Morgan fingerprint density at radius 3 is 2.71 bits per heavy atom. The van der Waals surface area contributed by atoms with Crippen LogP contribution in [0.3, 0.4) is 0 Å². The van der Waals surface area contributed by atoms with Gasteiger partial charge in [0.25, 0.3) is 0 Å². The molecule has 4 heteroatoms. The van der Waals surface area contributed by atoms with Gasteiger partial charge in [0.05, 0.1) is 6.10 Å². The molecule has 2 bridgehead atoms. The molecule has 0 aromatic heterocycles. The average Bonchev–Trinajstić information content (AvgIpc) is 2.49. The third kappa shape index (κ3) is 2.38. The van der Waals surface area contributed by atoms with E-state index < -0.39 is 0 Å². The zero-order valence-corrected chi connectivity index (χ0v) is 10.7. The van der Waals surface area contributed by atoms with Gasteiger partial charge in [-0.25, -0.2) is 4.79 Å². The van der Waals surface area contributed by atoms with E-state index >= 15 is 0 Å². The molecule has 0 saturated carbocycles. The lowest BCUT2D eigenvalue weighted by Gasteiger charge is -2.36. The molecule has 2 fully saturated rings. The van der Waals surface area contributed by atoms with Crippen LogP contribution >= 0.6 is 0 Å². The van der Waals surface area contributed by atoms with Gasteiger partial charge in [0.15, 0.2) is 0 Å². The number of ether oxygens (including phenoxy) is 1. The van der Waals surface area contributed by atoms with E-state index in [1.807, 2.05) is 14.0 Å². The van der Waals surface area contributed by atoms with Crippen molar-refractivity contribution in [2.24, 2.45) is 0 Å². The number of hydrogen-bond acceptors (Lipinski definition) is 4. The van der Waals surface area contributed by atoms with Crippen molar-refractivity contribution < 1.29 is 14.6 Å². The Morgan fingerprint density at radius 2 is 2.12 bits per heavy atom. The molecule has 2 saturated heterocycles. The Hall–Kier alpha value is -0.870. The number of aliphatic hydroxyl groups is 1. The summed E-state index contributed by atoms with van der Waals surface area (Å²) in [4.78, 5) is 13.9. The summed E-state index contributed by atoms with van der Waals surface area (Å²) in [6.07, 6.45) is 3.85. The van der Waals surface area contributed by atoms with Gasteiger partial charge in [0.2, 0.25) is 0 Å². The maximum Gasteiger partial charge on any atom is 0.333 e. The minimum Gasteiger partial charge on any atom is -0.459 e. The van der Waals surface area contributed by atoms with E-state index in [9.17, 15) is 9.90 Å². The second kappa shape index (κ2) is 4.78. The number of allylic oxidation sites excluding steroid dienone is 1. The average molecular weight is 239 g/mol. The van der Waals surface area contributed by atoms with Crippen LogP contribution in [0.2, 0.25) is 0 Å². The number of aliphatic hydroxyl groups excluding tert-OH is 1. The van der Waals surface area contributed by atoms with Crippen LogP contribution in [0.1, 0.15) is 33.1 Å². The van der Waals surface area contributed by atoms with Gasteiger partial charge in [-0.3, -0.25) is 4.90 Å². The van der Waals surface area contributed by atoms with Crippen LogP contribution in [0.4, 0.5) is 0 Å². The largest absolute Gasteiger partial charge is 0.459 e. The van der Waals surface area contributed by atoms with Crippen LogP contribution in [0, 0.1) is 0 Å². The van der Waals surface area contributed by atoms with Crippen molar-refractivity contribution in [3.63, 3.8) is 0 Å². The molecule has 0 amide bonds. The van der Waals surface area contributed by atoms with Gasteiger partial charge in [-0.05, 0) is 27.3 Å². The quantitative estimate of drug-likeness (QED) is 0.579. The molecule has 17 heavy (non-hydrogen) atoms. The molecular weight excluding hydrogens is 218 g/mol. The first-order valence-corrected chi connectivity index (χ1v) is 6.26. The molecular formula is C13H21NO3. The highest BCUT2D eigenvalue weighted by atomic mass is 16.5. The lowest BCUT2D eigenvalue weighted by atomic mass is 10.00. The second-order valence-electron chi connectivity index (χ2n) is 5.16. The fourth-order valence-corrected chi connectivity index (χ4v) is 2.86. The number of rotatable bonds is 2. The molecule has 2 aliphatic heterocycles. The van der Waals surface area contributed by atoms with Gasteiger partial charge < -0.3 is 9.84 Å². The van der Waals surface area contributed by atoms with Crippen molar-refractivity contribution >= 4 is 5.97 Å². The first-order chi connectivity index (χ1) is 8.02. The van der Waals surface area contributed by atoms with Crippen molar-refractivity contribution in [2.45, 2.75) is 57.4 Å². The molecule has 4 atom stereocenters. The number of piperidine rings is 1. The van der Waals surface area contributed by atoms with E-state index in [1.54, 1.807) is 13.0 Å². The summed E-state index contributed by atoms with van der Waals surface area (Å²) in [5.41, 5.74) is 0.650. The Kier molecular flexibility index (Phi) is 3.54. The Morgan fingerprint density at radius 1 is 1.41 bits per heavy atom. The molecule has 1 N–H and O–H groups in total. The van der Waals surface area contributed by atoms with Crippen molar-refractivity contribution in [3.8, 4) is 0 Å². The third-order valence-corrected chi connectivity index (χ3v) is 4.12. The molecule has 2 aliphatic rings. The molecule has 0 aliphatic carbocycles. The fraction of sp³-hybridized carbons (Fsp3) is 0.769. The van der Waals surface area contributed by atoms with Crippen molar-refractivity contribution in [2.75, 3.05) is 7.05 Å². The minimum absolute atomic E-state index is 0.0410. The van der Waals surface area contributed by atoms with Crippen molar-refractivity contribution in [1.82, 2.24) is 4.90 Å². The first kappa shape index (κ1) is 12.6. The molecule has 0 radical (unpaired) electrons. The maximum absolute atomic E-state index is 11.7. The molecule has 4 nitrogen and oxygen atoms in total. The summed E-state index contributed by atoms with van der Waals surface area (Å²) in [6.45, 7) is 3.60. The van der Waals surface area contributed by atoms with E-state index in [0.29, 0.717) is 11.6 Å². The molecule has 0 aromatic carbocycles. The predicted molar refractivity (Wildman–Crippen MR) is 64.5 cm³/mol. The topological polar surface area (TPSA) is 49.8 Å². The highest BCUT2D eigenvalue weighted by molar-refractivity contribution is 5.87. The summed E-state index contributed by atoms with van der Waals surface area (Å²) < 4.78 is 5.48. The SMILES string of the molecule is C/C=C(\C)C(=O)OC1CC2CC(O)C(C1)N2C. The third-order valence-electron chi connectivity index (χ3n) is 4.12. The molecule has 96 valence electrons. The van der Waals surface area contributed by atoms with Gasteiger partial charge >= 0.3 is 5.97 Å². The summed E-state index contributed by atoms with van der Waals surface area (Å²) in [7, 11) is 2.04. The number of carbonyl (C=O) groups excluding carboxylic acids is 1. The smallest absolute Gasteiger partial charge is 0.333 e. The molecule has 2 heterocycles. The highest BCUT2D eigenvalue weighted by Crippen LogP contribution is 2.35. The summed E-state index contributed by atoms with van der Waals surface area (Å²) in [5, 5.41) is 9.88. The van der Waals surface area contributed by atoms with Crippen molar-refractivity contribution in [1.29, 1.82) is 0 Å². The van der Waals surface area contributed by atoms with Crippen molar-refractivity contribution in [3.05, 3.63) is 11.6 Å². The molecule has 0 aromatic rings. The van der Waals surface area contributed by atoms with Gasteiger partial charge in [0, 0.05) is 30.5 Å². The number of hydrogen-bond donors (Lipinski definition) is 1. The number of fused-ring (bicyclic) bond motifs is 2. The monoisotopic (exact) mass is 239 g/mol. The number of esters is 1. The van der Waals surface area contributed by atoms with Gasteiger partial charge in [0.1, 0.15) is 6.10 Å². The van der Waals surface area contributed by atoms with E-state index in [-0.39, 0.29) is 24.2 Å². The van der Waals surface area contributed by atoms with E-state index in [4.69, 9.17) is 4.74 Å². The summed E-state index contributed by atoms with van der Waals surface area (Å²) in [5.74, 6) is -0.226. The van der Waals surface area contributed by atoms with Crippen LogP contribution in [-0.2, 0) is 9.53 Å².